The summed E-state index contributed by atoms with van der Waals surface area (Å²) in [6.45, 7) is 4.16. The molecule has 0 amide bonds. The second-order valence-electron chi connectivity index (χ2n) is 4.24. The van der Waals surface area contributed by atoms with E-state index < -0.39 is 12.0 Å². The van der Waals surface area contributed by atoms with Gasteiger partial charge in [0.15, 0.2) is 5.78 Å². The fraction of sp³-hybridized carbons (Fsp3) is 0.429. The standard InChI is InChI=1S/C14H19NO4/c1-4-19-12-6-5-9(2)7-10(12)14(18)11(15-3)8-13(16)17/h5-7,11,15H,4,8H2,1-3H3,(H,16,17). The van der Waals surface area contributed by atoms with Gasteiger partial charge in [0.25, 0.3) is 0 Å². The molecule has 0 saturated heterocycles. The molecule has 0 aliphatic carbocycles. The maximum absolute atomic E-state index is 12.4. The Bertz CT molecular complexity index is 471. The van der Waals surface area contributed by atoms with E-state index in [0.717, 1.165) is 5.56 Å². The maximum Gasteiger partial charge on any atom is 0.305 e. The first kappa shape index (κ1) is 15.2. The molecule has 0 heterocycles. The van der Waals surface area contributed by atoms with Gasteiger partial charge in [0.05, 0.1) is 24.6 Å². The number of nitrogens with one attached hydrogen (secondary N) is 1. The van der Waals surface area contributed by atoms with Crippen LogP contribution >= 0.6 is 0 Å². The molecule has 0 aliphatic rings. The highest BCUT2D eigenvalue weighted by Gasteiger charge is 2.24. The monoisotopic (exact) mass is 265 g/mol. The molecular formula is C14H19NO4. The number of aliphatic carboxylic acids is 1. The molecule has 2 N–H and O–H groups in total. The van der Waals surface area contributed by atoms with Crippen LogP contribution in [0.2, 0.25) is 0 Å². The number of hydrogen-bond acceptors (Lipinski definition) is 4. The summed E-state index contributed by atoms with van der Waals surface area (Å²) >= 11 is 0. The number of carboxylic acid groups (broad SMARTS) is 1. The molecule has 104 valence electrons. The van der Waals surface area contributed by atoms with Crippen molar-refractivity contribution in [2.24, 2.45) is 0 Å². The van der Waals surface area contributed by atoms with Crippen LogP contribution in [0.5, 0.6) is 5.75 Å². The number of carbonyl (C=O) groups excluding carboxylic acids is 1. The third kappa shape index (κ3) is 4.06. The van der Waals surface area contributed by atoms with Gasteiger partial charge in [-0.05, 0) is 33.0 Å². The average molecular weight is 265 g/mol. The zero-order valence-electron chi connectivity index (χ0n) is 11.4. The van der Waals surface area contributed by atoms with Crippen molar-refractivity contribution < 1.29 is 19.4 Å². The highest BCUT2D eigenvalue weighted by Crippen LogP contribution is 2.22. The number of carboxylic acids is 1. The third-order valence-corrected chi connectivity index (χ3v) is 2.74. The molecule has 1 aromatic carbocycles. The zero-order chi connectivity index (χ0) is 14.4. The minimum absolute atomic E-state index is 0.255. The van der Waals surface area contributed by atoms with E-state index in [2.05, 4.69) is 5.32 Å². The molecule has 5 heteroatoms. The second kappa shape index (κ2) is 6.89. The van der Waals surface area contributed by atoms with Gasteiger partial charge in [0.2, 0.25) is 0 Å². The van der Waals surface area contributed by atoms with E-state index in [4.69, 9.17) is 9.84 Å². The van der Waals surface area contributed by atoms with Crippen LogP contribution in [0.25, 0.3) is 0 Å². The van der Waals surface area contributed by atoms with Crippen molar-refractivity contribution in [1.29, 1.82) is 0 Å². The number of likely N-dealkylation sites (N-methyl/N-ethyl adjacent to an activating group) is 1. The SMILES string of the molecule is CCOc1ccc(C)cc1C(=O)C(CC(=O)O)NC. The van der Waals surface area contributed by atoms with Gasteiger partial charge >= 0.3 is 5.97 Å². The number of aryl methyl sites for hydroxylation is 1. The van der Waals surface area contributed by atoms with Gasteiger partial charge < -0.3 is 15.2 Å². The molecule has 1 rings (SSSR count). The fourth-order valence-corrected chi connectivity index (χ4v) is 1.81. The first-order valence-corrected chi connectivity index (χ1v) is 6.16. The van der Waals surface area contributed by atoms with Crippen molar-refractivity contribution in [3.05, 3.63) is 29.3 Å². The van der Waals surface area contributed by atoms with Crippen LogP contribution in [0.4, 0.5) is 0 Å². The minimum atomic E-state index is -1.02. The van der Waals surface area contributed by atoms with Gasteiger partial charge in [0.1, 0.15) is 5.75 Å². The van der Waals surface area contributed by atoms with E-state index >= 15 is 0 Å². The van der Waals surface area contributed by atoms with Gasteiger partial charge in [-0.25, -0.2) is 0 Å². The Morgan fingerprint density at radius 3 is 2.63 bits per heavy atom. The summed E-state index contributed by atoms with van der Waals surface area (Å²) in [6, 6.07) is 4.56. The van der Waals surface area contributed by atoms with E-state index in [1.54, 1.807) is 19.2 Å². The lowest BCUT2D eigenvalue weighted by Gasteiger charge is -2.16. The Labute approximate surface area is 112 Å². The predicted molar refractivity (Wildman–Crippen MR) is 71.8 cm³/mol. The summed E-state index contributed by atoms with van der Waals surface area (Å²) in [5.41, 5.74) is 1.35. The largest absolute Gasteiger partial charge is 0.493 e. The fourth-order valence-electron chi connectivity index (χ4n) is 1.81. The normalized spacial score (nSPS) is 11.9. The van der Waals surface area contributed by atoms with Crippen LogP contribution in [-0.4, -0.2) is 36.6 Å². The second-order valence-corrected chi connectivity index (χ2v) is 4.24. The van der Waals surface area contributed by atoms with E-state index in [-0.39, 0.29) is 12.2 Å². The molecule has 19 heavy (non-hydrogen) atoms. The topological polar surface area (TPSA) is 75.6 Å². The number of ether oxygens (including phenoxy) is 1. The van der Waals surface area contributed by atoms with Gasteiger partial charge in [-0.3, -0.25) is 9.59 Å². The lowest BCUT2D eigenvalue weighted by molar-refractivity contribution is -0.137. The summed E-state index contributed by atoms with van der Waals surface area (Å²) < 4.78 is 5.42. The molecule has 0 fully saturated rings. The molecule has 0 aromatic heterocycles. The molecule has 0 aliphatic heterocycles. The highest BCUT2D eigenvalue weighted by atomic mass is 16.5. The number of Topliss-reactive ketones (excluding diaryl/α,β-unsaturated/α-hetero) is 1. The molecule has 1 unspecified atom stereocenters. The van der Waals surface area contributed by atoms with Crippen molar-refractivity contribution in [1.82, 2.24) is 5.32 Å². The predicted octanol–water partition coefficient (Wildman–Crippen LogP) is 1.64. The number of ketones is 1. The van der Waals surface area contributed by atoms with Gasteiger partial charge in [-0.1, -0.05) is 11.6 Å². The molecule has 1 aromatic rings. The molecule has 0 spiro atoms. The summed E-state index contributed by atoms with van der Waals surface area (Å²) in [4.78, 5) is 23.1. The van der Waals surface area contributed by atoms with Gasteiger partial charge in [-0.2, -0.15) is 0 Å². The van der Waals surface area contributed by atoms with E-state index in [9.17, 15) is 9.59 Å². The average Bonchev–Trinajstić information content (AvgIpc) is 2.37. The van der Waals surface area contributed by atoms with Crippen molar-refractivity contribution in [2.75, 3.05) is 13.7 Å². The smallest absolute Gasteiger partial charge is 0.305 e. The number of rotatable bonds is 7. The number of benzene rings is 1. The van der Waals surface area contributed by atoms with Crippen LogP contribution < -0.4 is 10.1 Å². The van der Waals surface area contributed by atoms with Crippen molar-refractivity contribution >= 4 is 11.8 Å². The van der Waals surface area contributed by atoms with Crippen LogP contribution in [-0.2, 0) is 4.79 Å². The highest BCUT2D eigenvalue weighted by molar-refractivity contribution is 6.04. The summed E-state index contributed by atoms with van der Waals surface area (Å²) in [6.07, 6.45) is -0.255. The van der Waals surface area contributed by atoms with Crippen molar-refractivity contribution in [2.45, 2.75) is 26.3 Å². The van der Waals surface area contributed by atoms with E-state index in [1.807, 2.05) is 19.9 Å². The van der Waals surface area contributed by atoms with Crippen LogP contribution in [0.1, 0.15) is 29.3 Å². The van der Waals surface area contributed by atoms with E-state index in [1.165, 1.54) is 0 Å². The van der Waals surface area contributed by atoms with Gasteiger partial charge in [0, 0.05) is 0 Å². The van der Waals surface area contributed by atoms with Crippen LogP contribution in [0, 0.1) is 6.92 Å². The summed E-state index contributed by atoms with van der Waals surface area (Å²) in [5, 5.41) is 11.5. The lowest BCUT2D eigenvalue weighted by atomic mass is 9.99. The Morgan fingerprint density at radius 1 is 1.42 bits per heavy atom. The molecule has 5 nitrogen and oxygen atoms in total. The first-order valence-electron chi connectivity index (χ1n) is 6.16. The summed E-state index contributed by atoms with van der Waals surface area (Å²) in [7, 11) is 1.57. The molecule has 0 bridgehead atoms. The zero-order valence-corrected chi connectivity index (χ0v) is 11.4. The number of hydrogen-bond donors (Lipinski definition) is 2. The van der Waals surface area contributed by atoms with Crippen LogP contribution in [0.15, 0.2) is 18.2 Å². The van der Waals surface area contributed by atoms with Crippen LogP contribution in [0.3, 0.4) is 0 Å². The molecular weight excluding hydrogens is 246 g/mol. The molecule has 1 atom stereocenters. The first-order chi connectivity index (χ1) is 8.99. The lowest BCUT2D eigenvalue weighted by Crippen LogP contribution is -2.36. The molecule has 0 saturated carbocycles. The Hall–Kier alpha value is -1.88. The Morgan fingerprint density at radius 2 is 2.11 bits per heavy atom. The molecule has 0 radical (unpaired) electrons. The quantitative estimate of drug-likeness (QED) is 0.733. The van der Waals surface area contributed by atoms with E-state index in [0.29, 0.717) is 17.9 Å². The number of carbonyl (C=O) groups is 2. The third-order valence-electron chi connectivity index (χ3n) is 2.74. The Balaban J connectivity index is 3.08. The summed E-state index contributed by atoms with van der Waals surface area (Å²) in [5.74, 6) is -0.792. The minimum Gasteiger partial charge on any atom is -0.493 e. The maximum atomic E-state index is 12.4. The van der Waals surface area contributed by atoms with Crippen molar-refractivity contribution in [3.63, 3.8) is 0 Å². The van der Waals surface area contributed by atoms with Gasteiger partial charge in [-0.15, -0.1) is 0 Å². The van der Waals surface area contributed by atoms with Crippen molar-refractivity contribution in [3.8, 4) is 5.75 Å². The Kier molecular flexibility index (Phi) is 5.51.